The highest BCUT2D eigenvalue weighted by Crippen LogP contribution is 2.46. The molecule has 94 valence electrons. The number of piperidine rings is 1. The summed E-state index contributed by atoms with van der Waals surface area (Å²) in [6, 6.07) is 0. The Bertz CT molecular complexity index is 416. The minimum Gasteiger partial charge on any atom is -0.352 e. The zero-order valence-corrected chi connectivity index (χ0v) is 10.3. The smallest absolute Gasteiger partial charge is 0.231 e. The van der Waals surface area contributed by atoms with E-state index in [1.807, 2.05) is 6.92 Å². The number of aryl methyl sites for hydroxylation is 1. The molecular formula is C11H17N3O3. The first kappa shape index (κ1) is 11.1. The van der Waals surface area contributed by atoms with Gasteiger partial charge in [-0.2, -0.15) is 4.98 Å². The number of hydrogen-bond acceptors (Lipinski definition) is 6. The molecule has 2 saturated heterocycles. The van der Waals surface area contributed by atoms with E-state index in [1.165, 1.54) is 0 Å². The Balaban J connectivity index is 1.90. The van der Waals surface area contributed by atoms with Crippen molar-refractivity contribution in [1.82, 2.24) is 15.0 Å². The van der Waals surface area contributed by atoms with E-state index >= 15 is 0 Å². The largest absolute Gasteiger partial charge is 0.352 e. The topological polar surface area (TPSA) is 60.6 Å². The van der Waals surface area contributed by atoms with Crippen molar-refractivity contribution in [3.8, 4) is 0 Å². The predicted molar refractivity (Wildman–Crippen MR) is 58.5 cm³/mol. The van der Waals surface area contributed by atoms with Gasteiger partial charge in [-0.05, 0) is 6.92 Å². The molecule has 1 aromatic rings. The van der Waals surface area contributed by atoms with Gasteiger partial charge >= 0.3 is 0 Å². The molecule has 17 heavy (non-hydrogen) atoms. The summed E-state index contributed by atoms with van der Waals surface area (Å²) in [4.78, 5) is 6.65. The number of aromatic nitrogens is 2. The number of nitrogens with zero attached hydrogens (tertiary/aromatic N) is 3. The van der Waals surface area contributed by atoms with Crippen LogP contribution in [0.5, 0.6) is 0 Å². The van der Waals surface area contributed by atoms with E-state index in [9.17, 15) is 0 Å². The van der Waals surface area contributed by atoms with Crippen LogP contribution in [0, 0.1) is 12.8 Å². The van der Waals surface area contributed by atoms with Gasteiger partial charge in [0.25, 0.3) is 0 Å². The number of rotatable bonds is 3. The molecular weight excluding hydrogens is 222 g/mol. The highest BCUT2D eigenvalue weighted by atomic mass is 16.7. The zero-order valence-electron chi connectivity index (χ0n) is 10.3. The Kier molecular flexibility index (Phi) is 2.46. The number of fused-ring (bicyclic) bond motifs is 2. The van der Waals surface area contributed by atoms with Crippen LogP contribution in [0.2, 0.25) is 0 Å². The quantitative estimate of drug-likeness (QED) is 0.711. The summed E-state index contributed by atoms with van der Waals surface area (Å²) in [5, 5.41) is 3.86. The van der Waals surface area contributed by atoms with Crippen LogP contribution in [0.4, 0.5) is 0 Å². The SMILES string of the molecule is COC1(OC)CN2CC(c3nc(C)no3)C1C2. The molecule has 2 aliphatic heterocycles. The van der Waals surface area contributed by atoms with Gasteiger partial charge in [0.15, 0.2) is 11.6 Å². The highest BCUT2D eigenvalue weighted by molar-refractivity contribution is 5.12. The molecule has 3 unspecified atom stereocenters. The van der Waals surface area contributed by atoms with Crippen LogP contribution in [-0.4, -0.2) is 54.7 Å². The first-order valence-corrected chi connectivity index (χ1v) is 5.81. The first-order chi connectivity index (χ1) is 8.18. The number of ether oxygens (including phenoxy) is 2. The fourth-order valence-corrected chi connectivity index (χ4v) is 3.12. The molecule has 1 aromatic heterocycles. The Morgan fingerprint density at radius 1 is 1.35 bits per heavy atom. The van der Waals surface area contributed by atoms with Gasteiger partial charge in [-0.15, -0.1) is 0 Å². The summed E-state index contributed by atoms with van der Waals surface area (Å²) in [6.45, 7) is 4.56. The summed E-state index contributed by atoms with van der Waals surface area (Å²) < 4.78 is 16.5. The van der Waals surface area contributed by atoms with E-state index in [2.05, 4.69) is 15.0 Å². The molecule has 3 rings (SSSR count). The fraction of sp³-hybridized carbons (Fsp3) is 0.818. The minimum atomic E-state index is -0.523. The molecule has 6 nitrogen and oxygen atoms in total. The maximum absolute atomic E-state index is 5.59. The van der Waals surface area contributed by atoms with Crippen molar-refractivity contribution in [2.45, 2.75) is 18.6 Å². The van der Waals surface area contributed by atoms with Gasteiger partial charge in [0.1, 0.15) is 0 Å². The second-order valence-electron chi connectivity index (χ2n) is 4.81. The van der Waals surface area contributed by atoms with E-state index in [1.54, 1.807) is 14.2 Å². The van der Waals surface area contributed by atoms with Gasteiger partial charge in [0.2, 0.25) is 5.89 Å². The lowest BCUT2D eigenvalue weighted by atomic mass is 9.87. The van der Waals surface area contributed by atoms with Gasteiger partial charge in [0.05, 0.1) is 12.5 Å². The predicted octanol–water partition coefficient (Wildman–Crippen LogP) is 0.396. The summed E-state index contributed by atoms with van der Waals surface area (Å²) in [5.74, 6) is 1.33. The summed E-state index contributed by atoms with van der Waals surface area (Å²) in [5.41, 5.74) is 0. The van der Waals surface area contributed by atoms with Crippen molar-refractivity contribution < 1.29 is 14.0 Å². The van der Waals surface area contributed by atoms with Crippen molar-refractivity contribution in [2.24, 2.45) is 5.92 Å². The fourth-order valence-electron chi connectivity index (χ4n) is 3.12. The molecule has 3 atom stereocenters. The van der Waals surface area contributed by atoms with Crippen molar-refractivity contribution in [3.05, 3.63) is 11.7 Å². The monoisotopic (exact) mass is 239 g/mol. The average molecular weight is 239 g/mol. The summed E-state index contributed by atoms with van der Waals surface area (Å²) >= 11 is 0. The molecule has 3 heterocycles. The van der Waals surface area contributed by atoms with Crippen LogP contribution in [0.15, 0.2) is 4.52 Å². The van der Waals surface area contributed by atoms with Gasteiger partial charge in [-0.1, -0.05) is 5.16 Å². The van der Waals surface area contributed by atoms with Crippen molar-refractivity contribution in [2.75, 3.05) is 33.9 Å². The lowest BCUT2D eigenvalue weighted by Gasteiger charge is -2.37. The Labute approximate surface area is 99.9 Å². The maximum atomic E-state index is 5.59. The number of methoxy groups -OCH3 is 2. The molecule has 6 heteroatoms. The molecule has 2 aliphatic rings. The van der Waals surface area contributed by atoms with Crippen LogP contribution in [0.25, 0.3) is 0 Å². The van der Waals surface area contributed by atoms with Crippen LogP contribution >= 0.6 is 0 Å². The second kappa shape index (κ2) is 3.76. The maximum Gasteiger partial charge on any atom is 0.231 e. The summed E-state index contributed by atoms with van der Waals surface area (Å²) in [7, 11) is 3.39. The van der Waals surface area contributed by atoms with Crippen LogP contribution in [0.1, 0.15) is 17.6 Å². The zero-order chi connectivity index (χ0) is 12.0. The molecule has 2 fully saturated rings. The molecule has 0 spiro atoms. The standard InChI is InChI=1S/C11H17N3O3/c1-7-12-10(17-13-7)8-4-14-5-9(8)11(6-14,15-2)16-3/h8-9H,4-6H2,1-3H3. The van der Waals surface area contributed by atoms with Gasteiger partial charge in [0, 0.05) is 33.2 Å². The van der Waals surface area contributed by atoms with Crippen molar-refractivity contribution in [1.29, 1.82) is 0 Å². The second-order valence-corrected chi connectivity index (χ2v) is 4.81. The lowest BCUT2D eigenvalue weighted by Crippen LogP contribution is -2.48. The van der Waals surface area contributed by atoms with E-state index in [0.717, 1.165) is 19.6 Å². The van der Waals surface area contributed by atoms with E-state index in [-0.39, 0.29) is 11.8 Å². The number of hydrogen-bond donors (Lipinski definition) is 0. The normalized spacial score (nSPS) is 34.4. The van der Waals surface area contributed by atoms with E-state index < -0.39 is 5.79 Å². The van der Waals surface area contributed by atoms with Gasteiger partial charge < -0.3 is 14.0 Å². The molecule has 0 aliphatic carbocycles. The van der Waals surface area contributed by atoms with Gasteiger partial charge in [-0.25, -0.2) is 0 Å². The lowest BCUT2D eigenvalue weighted by molar-refractivity contribution is -0.232. The van der Waals surface area contributed by atoms with Gasteiger partial charge in [-0.3, -0.25) is 4.90 Å². The summed E-state index contributed by atoms with van der Waals surface area (Å²) in [6.07, 6.45) is 0. The molecule has 0 N–H and O–H groups in total. The van der Waals surface area contributed by atoms with Crippen molar-refractivity contribution in [3.63, 3.8) is 0 Å². The third kappa shape index (κ3) is 1.51. The minimum absolute atomic E-state index is 0.213. The molecule has 0 radical (unpaired) electrons. The molecule has 0 amide bonds. The third-order valence-corrected chi connectivity index (χ3v) is 3.96. The van der Waals surface area contributed by atoms with Crippen molar-refractivity contribution >= 4 is 0 Å². The average Bonchev–Trinajstić information content (AvgIpc) is 3.01. The van der Waals surface area contributed by atoms with E-state index in [0.29, 0.717) is 11.7 Å². The Morgan fingerprint density at radius 3 is 2.65 bits per heavy atom. The highest BCUT2D eigenvalue weighted by Gasteiger charge is 2.58. The first-order valence-electron chi connectivity index (χ1n) is 5.81. The van der Waals surface area contributed by atoms with Crippen LogP contribution in [-0.2, 0) is 9.47 Å². The van der Waals surface area contributed by atoms with E-state index in [4.69, 9.17) is 14.0 Å². The molecule has 0 saturated carbocycles. The molecule has 0 aromatic carbocycles. The Morgan fingerprint density at radius 2 is 2.12 bits per heavy atom. The van der Waals surface area contributed by atoms with Crippen LogP contribution in [0.3, 0.4) is 0 Å². The Hall–Kier alpha value is -0.980. The molecule has 2 bridgehead atoms. The third-order valence-electron chi connectivity index (χ3n) is 3.96. The van der Waals surface area contributed by atoms with Crippen LogP contribution < -0.4 is 0 Å².